The second-order valence-corrected chi connectivity index (χ2v) is 4.90. The van der Waals surface area contributed by atoms with E-state index in [2.05, 4.69) is 45.0 Å². The van der Waals surface area contributed by atoms with E-state index in [0.29, 0.717) is 5.75 Å². The molecule has 0 unspecified atom stereocenters. The van der Waals surface area contributed by atoms with Gasteiger partial charge in [-0.1, -0.05) is 51.1 Å². The number of hydrogen-bond acceptors (Lipinski definition) is 1. The molecule has 0 radical (unpaired) electrons. The fraction of sp³-hybridized carbons (Fsp3) is 0.333. The molecule has 0 aliphatic heterocycles. The van der Waals surface area contributed by atoms with Crippen LogP contribution in [-0.4, -0.2) is 5.11 Å². The molecule has 2 rings (SSSR count). The van der Waals surface area contributed by atoms with Gasteiger partial charge >= 0.3 is 0 Å². The number of rotatable bonds is 4. The Kier molecular flexibility index (Phi) is 4.26. The number of hydrogen-bond donors (Lipinski definition) is 1. The molecule has 1 N–H and O–H groups in total. The lowest BCUT2D eigenvalue weighted by Gasteiger charge is -2.12. The van der Waals surface area contributed by atoms with Crippen molar-refractivity contribution >= 4 is 0 Å². The monoisotopic (exact) mass is 254 g/mol. The smallest absolute Gasteiger partial charge is 0.119 e. The van der Waals surface area contributed by atoms with Gasteiger partial charge in [0.05, 0.1) is 0 Å². The summed E-state index contributed by atoms with van der Waals surface area (Å²) in [6.45, 7) is 6.40. The highest BCUT2D eigenvalue weighted by molar-refractivity contribution is 5.70. The van der Waals surface area contributed by atoms with E-state index in [1.165, 1.54) is 16.7 Å². The number of aromatic hydroxyl groups is 1. The largest absolute Gasteiger partial charge is 0.508 e. The Bertz CT molecular complexity index is 570. The molecule has 1 nitrogen and oxygen atoms in total. The molecule has 2 aromatic carbocycles. The minimum atomic E-state index is 0.406. The Morgan fingerprint density at radius 1 is 0.789 bits per heavy atom. The molecule has 0 fully saturated rings. The Morgan fingerprint density at radius 2 is 1.47 bits per heavy atom. The third-order valence-electron chi connectivity index (χ3n) is 3.74. The first-order valence-electron chi connectivity index (χ1n) is 7.13. The van der Waals surface area contributed by atoms with Crippen LogP contribution in [0, 0.1) is 0 Å². The molecule has 0 aliphatic carbocycles. The van der Waals surface area contributed by atoms with E-state index in [4.69, 9.17) is 0 Å². The van der Waals surface area contributed by atoms with Crippen molar-refractivity contribution in [2.45, 2.75) is 40.0 Å². The lowest BCUT2D eigenvalue weighted by molar-refractivity contribution is 0.469. The van der Waals surface area contributed by atoms with Gasteiger partial charge in [0, 0.05) is 0 Å². The SMILES string of the molecule is CCc1ccc(CC)c(-c2ccc(CC)c(O)c2)c1. The van der Waals surface area contributed by atoms with Crippen LogP contribution in [0.2, 0.25) is 0 Å². The molecule has 0 saturated heterocycles. The summed E-state index contributed by atoms with van der Waals surface area (Å²) in [6.07, 6.45) is 2.91. The second kappa shape index (κ2) is 5.92. The number of phenols is 1. The maximum absolute atomic E-state index is 10.0. The van der Waals surface area contributed by atoms with Crippen molar-refractivity contribution in [2.24, 2.45) is 0 Å². The van der Waals surface area contributed by atoms with E-state index in [9.17, 15) is 5.11 Å². The zero-order chi connectivity index (χ0) is 13.8. The molecular weight excluding hydrogens is 232 g/mol. The Balaban J connectivity index is 2.53. The average molecular weight is 254 g/mol. The zero-order valence-corrected chi connectivity index (χ0v) is 12.0. The third kappa shape index (κ3) is 2.81. The highest BCUT2D eigenvalue weighted by Gasteiger charge is 2.07. The quantitative estimate of drug-likeness (QED) is 0.835. The van der Waals surface area contributed by atoms with Crippen LogP contribution in [0.3, 0.4) is 0 Å². The normalized spacial score (nSPS) is 10.7. The maximum Gasteiger partial charge on any atom is 0.119 e. The lowest BCUT2D eigenvalue weighted by atomic mass is 9.94. The van der Waals surface area contributed by atoms with Crippen LogP contribution in [0.5, 0.6) is 5.75 Å². The van der Waals surface area contributed by atoms with Crippen molar-refractivity contribution in [1.29, 1.82) is 0 Å². The molecule has 0 aliphatic rings. The summed E-state index contributed by atoms with van der Waals surface area (Å²) in [7, 11) is 0. The second-order valence-electron chi connectivity index (χ2n) is 4.90. The minimum Gasteiger partial charge on any atom is -0.508 e. The van der Waals surface area contributed by atoms with Crippen LogP contribution in [0.4, 0.5) is 0 Å². The van der Waals surface area contributed by atoms with Gasteiger partial charge in [0.2, 0.25) is 0 Å². The molecule has 0 atom stereocenters. The summed E-state index contributed by atoms with van der Waals surface area (Å²) in [4.78, 5) is 0. The van der Waals surface area contributed by atoms with E-state index < -0.39 is 0 Å². The molecule has 0 spiro atoms. The first kappa shape index (κ1) is 13.7. The van der Waals surface area contributed by atoms with Crippen LogP contribution in [0.1, 0.15) is 37.5 Å². The van der Waals surface area contributed by atoms with E-state index in [1.807, 2.05) is 12.1 Å². The third-order valence-corrected chi connectivity index (χ3v) is 3.74. The van der Waals surface area contributed by atoms with Gasteiger partial charge in [0.1, 0.15) is 5.75 Å². The highest BCUT2D eigenvalue weighted by atomic mass is 16.3. The molecule has 19 heavy (non-hydrogen) atoms. The van der Waals surface area contributed by atoms with Crippen molar-refractivity contribution < 1.29 is 5.11 Å². The van der Waals surface area contributed by atoms with Gasteiger partial charge in [0.15, 0.2) is 0 Å². The Morgan fingerprint density at radius 3 is 2.05 bits per heavy atom. The summed E-state index contributed by atoms with van der Waals surface area (Å²) in [5, 5.41) is 10.0. The molecule has 0 saturated carbocycles. The number of aryl methyl sites for hydroxylation is 3. The predicted molar refractivity (Wildman–Crippen MR) is 81.7 cm³/mol. The van der Waals surface area contributed by atoms with Crippen molar-refractivity contribution in [3.63, 3.8) is 0 Å². The summed E-state index contributed by atoms with van der Waals surface area (Å²) < 4.78 is 0. The number of phenolic OH excluding ortho intramolecular Hbond substituents is 1. The van der Waals surface area contributed by atoms with Gasteiger partial charge in [-0.15, -0.1) is 0 Å². The summed E-state index contributed by atoms with van der Waals surface area (Å²) in [5.74, 6) is 0.406. The Labute approximate surface area is 115 Å². The molecule has 0 heterocycles. The van der Waals surface area contributed by atoms with Crippen LogP contribution < -0.4 is 0 Å². The summed E-state index contributed by atoms with van der Waals surface area (Å²) in [6, 6.07) is 12.7. The van der Waals surface area contributed by atoms with E-state index >= 15 is 0 Å². The Hall–Kier alpha value is -1.76. The van der Waals surface area contributed by atoms with E-state index in [-0.39, 0.29) is 0 Å². The van der Waals surface area contributed by atoms with Gasteiger partial charge in [-0.2, -0.15) is 0 Å². The van der Waals surface area contributed by atoms with Crippen LogP contribution in [0.25, 0.3) is 11.1 Å². The minimum absolute atomic E-state index is 0.406. The zero-order valence-electron chi connectivity index (χ0n) is 12.0. The number of benzene rings is 2. The van der Waals surface area contributed by atoms with Gasteiger partial charge in [-0.05, 0) is 53.1 Å². The first-order chi connectivity index (χ1) is 9.19. The molecule has 0 aromatic heterocycles. The summed E-state index contributed by atoms with van der Waals surface area (Å²) >= 11 is 0. The van der Waals surface area contributed by atoms with E-state index in [1.54, 1.807) is 0 Å². The van der Waals surface area contributed by atoms with Crippen LogP contribution in [-0.2, 0) is 19.3 Å². The van der Waals surface area contributed by atoms with Crippen molar-refractivity contribution in [1.82, 2.24) is 0 Å². The fourth-order valence-corrected chi connectivity index (χ4v) is 2.45. The topological polar surface area (TPSA) is 20.2 Å². The maximum atomic E-state index is 10.0. The molecule has 2 aromatic rings. The van der Waals surface area contributed by atoms with Gasteiger partial charge in [-0.3, -0.25) is 0 Å². The molecule has 0 bridgehead atoms. The van der Waals surface area contributed by atoms with Crippen LogP contribution >= 0.6 is 0 Å². The molecule has 1 heteroatoms. The lowest BCUT2D eigenvalue weighted by Crippen LogP contribution is -1.91. The van der Waals surface area contributed by atoms with E-state index in [0.717, 1.165) is 30.4 Å². The fourth-order valence-electron chi connectivity index (χ4n) is 2.45. The van der Waals surface area contributed by atoms with Crippen molar-refractivity contribution in [2.75, 3.05) is 0 Å². The van der Waals surface area contributed by atoms with Gasteiger partial charge in [0.25, 0.3) is 0 Å². The molecule has 0 amide bonds. The van der Waals surface area contributed by atoms with Crippen LogP contribution in [0.15, 0.2) is 36.4 Å². The van der Waals surface area contributed by atoms with Gasteiger partial charge in [-0.25, -0.2) is 0 Å². The molecular formula is C18H22O. The highest BCUT2D eigenvalue weighted by Crippen LogP contribution is 2.30. The average Bonchev–Trinajstić information content (AvgIpc) is 2.46. The first-order valence-corrected chi connectivity index (χ1v) is 7.13. The van der Waals surface area contributed by atoms with Gasteiger partial charge < -0.3 is 5.11 Å². The van der Waals surface area contributed by atoms with Crippen molar-refractivity contribution in [3.05, 3.63) is 53.1 Å². The summed E-state index contributed by atoms with van der Waals surface area (Å²) in [5.41, 5.74) is 6.04. The predicted octanol–water partition coefficient (Wildman–Crippen LogP) is 4.75. The van der Waals surface area contributed by atoms with Crippen molar-refractivity contribution in [3.8, 4) is 16.9 Å². The standard InChI is InChI=1S/C18H22O/c1-4-13-7-8-14(5-2)17(11-13)16-10-9-15(6-3)18(19)12-16/h7-12,19H,4-6H2,1-3H3. The molecule has 100 valence electrons.